The first-order valence-electron chi connectivity index (χ1n) is 15.6. The Bertz CT molecular complexity index is 440. The molecular formula is C32H64O2. The molecule has 0 aromatic rings. The first-order chi connectivity index (χ1) is 16.4. The predicted molar refractivity (Wildman–Crippen MR) is 152 cm³/mol. The van der Waals surface area contributed by atoms with Crippen molar-refractivity contribution in [2.45, 2.75) is 182 Å². The molecular weight excluding hydrogens is 416 g/mol. The van der Waals surface area contributed by atoms with Crippen LogP contribution >= 0.6 is 0 Å². The van der Waals surface area contributed by atoms with E-state index in [0.717, 1.165) is 19.3 Å². The third kappa shape index (κ3) is 17.1. The largest absolute Gasteiger partial charge is 0.367 e. The normalized spacial score (nSPS) is 13.6. The Kier molecular flexibility index (Phi) is 22.8. The van der Waals surface area contributed by atoms with Crippen molar-refractivity contribution in [2.75, 3.05) is 6.61 Å². The molecule has 0 saturated carbocycles. The van der Waals surface area contributed by atoms with Crippen LogP contribution in [-0.2, 0) is 9.53 Å². The summed E-state index contributed by atoms with van der Waals surface area (Å²) >= 11 is 0. The molecule has 0 bridgehead atoms. The van der Waals surface area contributed by atoms with E-state index in [0.29, 0.717) is 30.6 Å². The van der Waals surface area contributed by atoms with Crippen molar-refractivity contribution >= 4 is 5.78 Å². The van der Waals surface area contributed by atoms with Crippen molar-refractivity contribution in [3.05, 3.63) is 0 Å². The van der Waals surface area contributed by atoms with Crippen LogP contribution in [0.2, 0.25) is 0 Å². The second kappa shape index (κ2) is 23.1. The van der Waals surface area contributed by atoms with E-state index in [1.54, 1.807) is 0 Å². The number of carbonyl (C=O) groups excluding carboxylic acids is 1. The molecule has 0 radical (unpaired) electrons. The lowest BCUT2D eigenvalue weighted by Gasteiger charge is -2.36. The number of carbonyl (C=O) groups is 1. The van der Waals surface area contributed by atoms with Gasteiger partial charge < -0.3 is 4.74 Å². The van der Waals surface area contributed by atoms with Crippen LogP contribution in [-0.4, -0.2) is 18.0 Å². The molecule has 1 atom stereocenters. The number of unbranched alkanes of at least 4 members (excludes halogenated alkanes) is 17. The molecule has 0 aromatic carbocycles. The molecule has 0 aliphatic carbocycles. The minimum atomic E-state index is -0.595. The smallest absolute Gasteiger partial charge is 0.164 e. The number of ketones is 1. The van der Waals surface area contributed by atoms with Crippen molar-refractivity contribution in [3.63, 3.8) is 0 Å². The lowest BCUT2D eigenvalue weighted by molar-refractivity contribution is -0.153. The number of hydrogen-bond acceptors (Lipinski definition) is 2. The van der Waals surface area contributed by atoms with E-state index in [4.69, 9.17) is 4.74 Å². The molecule has 0 saturated heterocycles. The summed E-state index contributed by atoms with van der Waals surface area (Å²) in [5, 5.41) is 0. The van der Waals surface area contributed by atoms with E-state index in [1.165, 1.54) is 109 Å². The maximum Gasteiger partial charge on any atom is 0.164 e. The fraction of sp³-hybridized carbons (Fsp3) is 0.969. The van der Waals surface area contributed by atoms with Crippen LogP contribution in [0.3, 0.4) is 0 Å². The van der Waals surface area contributed by atoms with E-state index >= 15 is 0 Å². The highest BCUT2D eigenvalue weighted by Crippen LogP contribution is 2.31. The molecule has 0 fully saturated rings. The SMILES string of the molecule is CCCCCCCCCCCCCCCCCCCCC(=O)C(C)(OCC(C)C)C(CC)CC. The average molecular weight is 481 g/mol. The fourth-order valence-electron chi connectivity index (χ4n) is 5.27. The quantitative estimate of drug-likeness (QED) is 0.115. The summed E-state index contributed by atoms with van der Waals surface area (Å²) in [4.78, 5) is 13.1. The monoisotopic (exact) mass is 480 g/mol. The number of rotatable bonds is 26. The Labute approximate surface area is 215 Å². The minimum absolute atomic E-state index is 0.328. The summed E-state index contributed by atoms with van der Waals surface area (Å²) in [6.45, 7) is 13.7. The molecule has 0 amide bonds. The summed E-state index contributed by atoms with van der Waals surface area (Å²) in [6, 6.07) is 0. The third-order valence-electron chi connectivity index (χ3n) is 7.79. The van der Waals surface area contributed by atoms with Gasteiger partial charge in [0.25, 0.3) is 0 Å². The van der Waals surface area contributed by atoms with Gasteiger partial charge in [0.15, 0.2) is 5.78 Å². The first kappa shape index (κ1) is 33.6. The number of hydrogen-bond donors (Lipinski definition) is 0. The molecule has 0 aliphatic heterocycles. The van der Waals surface area contributed by atoms with Crippen molar-refractivity contribution in [3.8, 4) is 0 Å². The van der Waals surface area contributed by atoms with Crippen LogP contribution in [0.5, 0.6) is 0 Å². The maximum atomic E-state index is 13.1. The zero-order chi connectivity index (χ0) is 25.5. The maximum absolute atomic E-state index is 13.1. The van der Waals surface area contributed by atoms with Crippen LogP contribution < -0.4 is 0 Å². The lowest BCUT2D eigenvalue weighted by Crippen LogP contribution is -2.46. The third-order valence-corrected chi connectivity index (χ3v) is 7.79. The van der Waals surface area contributed by atoms with Crippen molar-refractivity contribution in [1.82, 2.24) is 0 Å². The van der Waals surface area contributed by atoms with Gasteiger partial charge in [-0.2, -0.15) is 0 Å². The molecule has 0 heterocycles. The highest BCUT2D eigenvalue weighted by molar-refractivity contribution is 5.87. The first-order valence-corrected chi connectivity index (χ1v) is 15.6. The molecule has 0 aromatic heterocycles. The van der Waals surface area contributed by atoms with Gasteiger partial charge in [-0.05, 0) is 25.2 Å². The van der Waals surface area contributed by atoms with Gasteiger partial charge in [-0.15, -0.1) is 0 Å². The Balaban J connectivity index is 3.69. The van der Waals surface area contributed by atoms with Gasteiger partial charge in [0.2, 0.25) is 0 Å². The average Bonchev–Trinajstić information content (AvgIpc) is 2.82. The standard InChI is InChI=1S/C32H64O2/c1-7-10-11-12-13-14-15-16-17-18-19-20-21-22-23-24-25-26-27-31(33)32(6,30(8-2)9-3)34-28-29(4)5/h29-30H,7-28H2,1-6H3. The Morgan fingerprint density at radius 3 is 1.29 bits per heavy atom. The molecule has 1 unspecified atom stereocenters. The zero-order valence-corrected chi connectivity index (χ0v) is 24.5. The predicted octanol–water partition coefficient (Wildman–Crippen LogP) is 10.9. The summed E-state index contributed by atoms with van der Waals surface area (Å²) < 4.78 is 6.23. The van der Waals surface area contributed by atoms with Gasteiger partial charge in [0.05, 0.1) is 6.61 Å². The van der Waals surface area contributed by atoms with Gasteiger partial charge in [0.1, 0.15) is 5.60 Å². The van der Waals surface area contributed by atoms with Gasteiger partial charge in [-0.25, -0.2) is 0 Å². The van der Waals surface area contributed by atoms with Crippen LogP contribution in [0.15, 0.2) is 0 Å². The van der Waals surface area contributed by atoms with E-state index in [2.05, 4.69) is 41.5 Å². The van der Waals surface area contributed by atoms with E-state index in [1.807, 2.05) is 0 Å². The molecule has 0 aliphatic rings. The molecule has 0 N–H and O–H groups in total. The van der Waals surface area contributed by atoms with Crippen molar-refractivity contribution in [2.24, 2.45) is 11.8 Å². The lowest BCUT2D eigenvalue weighted by atomic mass is 9.79. The highest BCUT2D eigenvalue weighted by atomic mass is 16.5. The Morgan fingerprint density at radius 1 is 0.618 bits per heavy atom. The Morgan fingerprint density at radius 2 is 0.971 bits per heavy atom. The van der Waals surface area contributed by atoms with Gasteiger partial charge in [-0.1, -0.05) is 157 Å². The summed E-state index contributed by atoms with van der Waals surface area (Å²) in [7, 11) is 0. The zero-order valence-electron chi connectivity index (χ0n) is 24.5. The Hall–Kier alpha value is -0.370. The molecule has 0 spiro atoms. The van der Waals surface area contributed by atoms with E-state index in [9.17, 15) is 4.79 Å². The van der Waals surface area contributed by atoms with Crippen LogP contribution in [0.1, 0.15) is 176 Å². The molecule has 2 nitrogen and oxygen atoms in total. The van der Waals surface area contributed by atoms with Crippen LogP contribution in [0, 0.1) is 11.8 Å². The summed E-state index contributed by atoms with van der Waals surface area (Å²) in [5.74, 6) is 1.12. The second-order valence-electron chi connectivity index (χ2n) is 11.5. The molecule has 0 rings (SSSR count). The number of Topliss-reactive ketones (excluding diaryl/α,β-unsaturated/α-hetero) is 1. The molecule has 34 heavy (non-hydrogen) atoms. The van der Waals surface area contributed by atoms with Crippen LogP contribution in [0.4, 0.5) is 0 Å². The van der Waals surface area contributed by atoms with Crippen molar-refractivity contribution in [1.29, 1.82) is 0 Å². The van der Waals surface area contributed by atoms with Gasteiger partial charge in [0, 0.05) is 6.42 Å². The summed E-state index contributed by atoms with van der Waals surface area (Å²) in [6.07, 6.45) is 27.5. The van der Waals surface area contributed by atoms with Crippen LogP contribution in [0.25, 0.3) is 0 Å². The summed E-state index contributed by atoms with van der Waals surface area (Å²) in [5.41, 5.74) is -0.595. The topological polar surface area (TPSA) is 26.3 Å². The fourth-order valence-corrected chi connectivity index (χ4v) is 5.27. The van der Waals surface area contributed by atoms with Crippen molar-refractivity contribution < 1.29 is 9.53 Å². The number of ether oxygens (including phenoxy) is 1. The highest BCUT2D eigenvalue weighted by Gasteiger charge is 2.39. The second-order valence-corrected chi connectivity index (χ2v) is 11.5. The van der Waals surface area contributed by atoms with E-state index < -0.39 is 5.60 Å². The minimum Gasteiger partial charge on any atom is -0.367 e. The molecule has 2 heteroatoms. The van der Waals surface area contributed by atoms with Gasteiger partial charge >= 0.3 is 0 Å². The van der Waals surface area contributed by atoms with Gasteiger partial charge in [-0.3, -0.25) is 4.79 Å². The van der Waals surface area contributed by atoms with E-state index in [-0.39, 0.29) is 0 Å². The molecule has 204 valence electrons.